The number of primary amides is 1. The number of hydrogen-bond acceptors (Lipinski definition) is 4. The third-order valence-electron chi connectivity index (χ3n) is 5.30. The van der Waals surface area contributed by atoms with Gasteiger partial charge in [0.15, 0.2) is 0 Å². The molecule has 4 nitrogen and oxygen atoms in total. The molecule has 2 atom stereocenters. The van der Waals surface area contributed by atoms with E-state index >= 15 is 0 Å². The van der Waals surface area contributed by atoms with E-state index in [1.54, 1.807) is 0 Å². The normalized spacial score (nSPS) is 18.3. The number of hydrogen-bond donors (Lipinski definition) is 2. The Morgan fingerprint density at radius 1 is 1.17 bits per heavy atom. The quantitative estimate of drug-likeness (QED) is 0.554. The lowest BCUT2D eigenvalue weighted by atomic mass is 10.1. The highest BCUT2D eigenvalue weighted by atomic mass is 32.1. The van der Waals surface area contributed by atoms with Crippen LogP contribution in [-0.4, -0.2) is 10.9 Å². The van der Waals surface area contributed by atoms with Crippen LogP contribution < -0.4 is 11.1 Å². The molecule has 0 spiro atoms. The van der Waals surface area contributed by atoms with Crippen molar-refractivity contribution in [1.82, 2.24) is 4.98 Å². The molecule has 1 aliphatic carbocycles. The van der Waals surface area contributed by atoms with Crippen molar-refractivity contribution < 1.29 is 18.0 Å². The van der Waals surface area contributed by atoms with Crippen LogP contribution in [0.4, 0.5) is 18.9 Å². The third-order valence-corrected chi connectivity index (χ3v) is 6.51. The Balaban J connectivity index is 1.40. The number of carbonyl (C=O) groups is 1. The van der Waals surface area contributed by atoms with E-state index in [-0.39, 0.29) is 17.7 Å². The SMILES string of the molecule is Cc1nc(-c2ccc(C(F)(F)F)cc2)sc1CNc1ccc([C@H]2C[C@@H]2C(N)=O)cc1. The molecule has 156 valence electrons. The van der Waals surface area contributed by atoms with E-state index < -0.39 is 11.7 Å². The van der Waals surface area contributed by atoms with Crippen molar-refractivity contribution in [2.75, 3.05) is 5.32 Å². The number of anilines is 1. The molecule has 2 aromatic carbocycles. The number of nitrogens with one attached hydrogen (secondary N) is 1. The Labute approximate surface area is 176 Å². The minimum Gasteiger partial charge on any atom is -0.380 e. The van der Waals surface area contributed by atoms with E-state index in [1.165, 1.54) is 23.5 Å². The first kappa shape index (κ1) is 20.4. The molecule has 1 aromatic heterocycles. The molecular weight excluding hydrogens is 411 g/mol. The highest BCUT2D eigenvalue weighted by molar-refractivity contribution is 7.15. The Bertz CT molecular complexity index is 1060. The second kappa shape index (κ2) is 7.75. The van der Waals surface area contributed by atoms with Gasteiger partial charge >= 0.3 is 6.18 Å². The maximum Gasteiger partial charge on any atom is 0.416 e. The average molecular weight is 431 g/mol. The fourth-order valence-electron chi connectivity index (χ4n) is 3.43. The highest BCUT2D eigenvalue weighted by Crippen LogP contribution is 2.47. The molecule has 0 bridgehead atoms. The predicted octanol–water partition coefficient (Wildman–Crippen LogP) is 5.34. The van der Waals surface area contributed by atoms with Crippen molar-refractivity contribution in [3.63, 3.8) is 0 Å². The third kappa shape index (κ3) is 4.33. The zero-order chi connectivity index (χ0) is 21.5. The number of benzene rings is 2. The first-order valence-corrected chi connectivity index (χ1v) is 10.3. The van der Waals surface area contributed by atoms with E-state index in [0.29, 0.717) is 17.1 Å². The number of nitrogens with zero attached hydrogens (tertiary/aromatic N) is 1. The van der Waals surface area contributed by atoms with E-state index in [4.69, 9.17) is 5.73 Å². The van der Waals surface area contributed by atoms with Crippen molar-refractivity contribution in [2.24, 2.45) is 11.7 Å². The monoisotopic (exact) mass is 431 g/mol. The van der Waals surface area contributed by atoms with E-state index in [0.717, 1.165) is 40.4 Å². The van der Waals surface area contributed by atoms with Crippen molar-refractivity contribution >= 4 is 22.9 Å². The zero-order valence-electron chi connectivity index (χ0n) is 16.2. The minimum absolute atomic E-state index is 0.0488. The number of alkyl halides is 3. The molecular formula is C22H20F3N3OS. The summed E-state index contributed by atoms with van der Waals surface area (Å²) in [6.07, 6.45) is -3.53. The summed E-state index contributed by atoms with van der Waals surface area (Å²) in [6.45, 7) is 2.46. The van der Waals surface area contributed by atoms with Gasteiger partial charge in [0.05, 0.1) is 17.8 Å². The zero-order valence-corrected chi connectivity index (χ0v) is 17.0. The van der Waals surface area contributed by atoms with Crippen LogP contribution in [0.3, 0.4) is 0 Å². The fourth-order valence-corrected chi connectivity index (χ4v) is 4.43. The molecule has 3 N–H and O–H groups in total. The summed E-state index contributed by atoms with van der Waals surface area (Å²) in [5.74, 6) is -0.0643. The van der Waals surface area contributed by atoms with Crippen molar-refractivity contribution in [3.8, 4) is 10.6 Å². The first-order chi connectivity index (χ1) is 14.2. The van der Waals surface area contributed by atoms with Crippen molar-refractivity contribution in [3.05, 3.63) is 70.2 Å². The summed E-state index contributed by atoms with van der Waals surface area (Å²) >= 11 is 1.46. The van der Waals surface area contributed by atoms with Crippen LogP contribution in [0.15, 0.2) is 48.5 Å². The van der Waals surface area contributed by atoms with Crippen LogP contribution in [0.2, 0.25) is 0 Å². The second-order valence-corrected chi connectivity index (χ2v) is 8.51. The Hall–Kier alpha value is -2.87. The lowest BCUT2D eigenvalue weighted by Crippen LogP contribution is -2.13. The summed E-state index contributed by atoms with van der Waals surface area (Å²) in [5.41, 5.74) is 8.25. The van der Waals surface area contributed by atoms with Gasteiger partial charge in [-0.3, -0.25) is 4.79 Å². The molecule has 8 heteroatoms. The van der Waals surface area contributed by atoms with Gasteiger partial charge in [-0.25, -0.2) is 4.98 Å². The van der Waals surface area contributed by atoms with Gasteiger partial charge in [-0.15, -0.1) is 11.3 Å². The Morgan fingerprint density at radius 2 is 1.83 bits per heavy atom. The van der Waals surface area contributed by atoms with E-state index in [2.05, 4.69) is 10.3 Å². The molecule has 1 aliphatic rings. The van der Waals surface area contributed by atoms with E-state index in [9.17, 15) is 18.0 Å². The molecule has 0 unspecified atom stereocenters. The van der Waals surface area contributed by atoms with Crippen LogP contribution in [0.5, 0.6) is 0 Å². The van der Waals surface area contributed by atoms with Crippen LogP contribution in [0, 0.1) is 12.8 Å². The smallest absolute Gasteiger partial charge is 0.380 e. The molecule has 3 aromatic rings. The van der Waals surface area contributed by atoms with Gasteiger partial charge in [-0.1, -0.05) is 24.3 Å². The number of halogens is 3. The van der Waals surface area contributed by atoms with Gasteiger partial charge in [0.1, 0.15) is 5.01 Å². The molecule has 1 saturated carbocycles. The Morgan fingerprint density at radius 3 is 2.40 bits per heavy atom. The van der Waals surface area contributed by atoms with Crippen LogP contribution in [0.25, 0.3) is 10.6 Å². The number of nitrogens with two attached hydrogens (primary N) is 1. The summed E-state index contributed by atoms with van der Waals surface area (Å²) in [4.78, 5) is 16.8. The van der Waals surface area contributed by atoms with Gasteiger partial charge in [0.25, 0.3) is 0 Å². The standard InChI is InChI=1S/C22H20F3N3OS/c1-12-19(30-21(28-12)14-2-6-15(7-3-14)22(23,24)25)11-27-16-8-4-13(5-9-16)17-10-18(17)20(26)29/h2-9,17-18,27H,10-11H2,1H3,(H2,26,29)/t17-,18+/m1/s1. The van der Waals surface area contributed by atoms with Gasteiger partial charge in [-0.05, 0) is 49.1 Å². The molecule has 1 amide bonds. The fraction of sp³-hybridized carbons (Fsp3) is 0.273. The maximum absolute atomic E-state index is 12.7. The average Bonchev–Trinajstić information content (AvgIpc) is 3.43. The highest BCUT2D eigenvalue weighted by Gasteiger charge is 2.42. The molecule has 30 heavy (non-hydrogen) atoms. The second-order valence-electron chi connectivity index (χ2n) is 7.43. The molecule has 1 fully saturated rings. The van der Waals surface area contributed by atoms with Gasteiger partial charge < -0.3 is 11.1 Å². The lowest BCUT2D eigenvalue weighted by molar-refractivity contribution is -0.137. The van der Waals surface area contributed by atoms with Crippen LogP contribution in [-0.2, 0) is 17.5 Å². The topological polar surface area (TPSA) is 68.0 Å². The van der Waals surface area contributed by atoms with Gasteiger partial charge in [0, 0.05) is 22.0 Å². The molecule has 0 saturated heterocycles. The Kier molecular flexibility index (Phi) is 5.27. The lowest BCUT2D eigenvalue weighted by Gasteiger charge is -2.07. The summed E-state index contributed by atoms with van der Waals surface area (Å²) < 4.78 is 38.2. The number of aromatic nitrogens is 1. The maximum atomic E-state index is 12.7. The largest absolute Gasteiger partial charge is 0.416 e. The number of amides is 1. The van der Waals surface area contributed by atoms with Crippen molar-refractivity contribution in [2.45, 2.75) is 32.0 Å². The number of rotatable bonds is 6. The van der Waals surface area contributed by atoms with Crippen LogP contribution >= 0.6 is 11.3 Å². The summed E-state index contributed by atoms with van der Waals surface area (Å²) in [7, 11) is 0. The predicted molar refractivity (Wildman–Crippen MR) is 111 cm³/mol. The van der Waals surface area contributed by atoms with E-state index in [1.807, 2.05) is 31.2 Å². The van der Waals surface area contributed by atoms with Crippen LogP contribution in [0.1, 0.15) is 34.0 Å². The van der Waals surface area contributed by atoms with Crippen molar-refractivity contribution in [1.29, 1.82) is 0 Å². The minimum atomic E-state index is -4.35. The molecule has 0 aliphatic heterocycles. The number of carbonyl (C=O) groups excluding carboxylic acids is 1. The summed E-state index contributed by atoms with van der Waals surface area (Å²) in [5, 5.41) is 4.04. The molecule has 0 radical (unpaired) electrons. The summed E-state index contributed by atoms with van der Waals surface area (Å²) in [6, 6.07) is 13.0. The van der Waals surface area contributed by atoms with Gasteiger partial charge in [0.2, 0.25) is 5.91 Å². The number of aryl methyl sites for hydroxylation is 1. The molecule has 4 rings (SSSR count). The molecule has 1 heterocycles. The van der Waals surface area contributed by atoms with Gasteiger partial charge in [-0.2, -0.15) is 13.2 Å². The first-order valence-electron chi connectivity index (χ1n) is 9.49. The number of thiazole rings is 1.